The summed E-state index contributed by atoms with van der Waals surface area (Å²) in [4.78, 5) is 16.8. The number of hydrogen-bond acceptors (Lipinski definition) is 3. The van der Waals surface area contributed by atoms with Crippen molar-refractivity contribution in [1.29, 1.82) is 0 Å². The highest BCUT2D eigenvalue weighted by Gasteiger charge is 2.43. The van der Waals surface area contributed by atoms with Crippen molar-refractivity contribution in [1.82, 2.24) is 9.80 Å². The Balaban J connectivity index is 1.57. The van der Waals surface area contributed by atoms with Crippen LogP contribution in [0.2, 0.25) is 0 Å². The van der Waals surface area contributed by atoms with E-state index in [-0.39, 0.29) is 5.60 Å². The van der Waals surface area contributed by atoms with Gasteiger partial charge in [-0.1, -0.05) is 13.8 Å². The summed E-state index contributed by atoms with van der Waals surface area (Å²) in [5.74, 6) is 0.760. The van der Waals surface area contributed by atoms with Gasteiger partial charge in [-0.3, -0.25) is 4.79 Å². The molecule has 0 aromatic carbocycles. The summed E-state index contributed by atoms with van der Waals surface area (Å²) >= 11 is 0. The summed E-state index contributed by atoms with van der Waals surface area (Å²) in [5, 5.41) is 0. The van der Waals surface area contributed by atoms with Gasteiger partial charge < -0.3 is 14.5 Å². The third-order valence-electron chi connectivity index (χ3n) is 5.71. The van der Waals surface area contributed by atoms with Gasteiger partial charge >= 0.3 is 0 Å². The summed E-state index contributed by atoms with van der Waals surface area (Å²) in [5.41, 5.74) is 0.0475. The Morgan fingerprint density at radius 2 is 1.86 bits per heavy atom. The smallest absolute Gasteiger partial charge is 0.225 e. The summed E-state index contributed by atoms with van der Waals surface area (Å²) < 4.78 is 6.22. The zero-order chi connectivity index (χ0) is 14.9. The topological polar surface area (TPSA) is 32.8 Å². The van der Waals surface area contributed by atoms with Crippen LogP contribution in [0.25, 0.3) is 0 Å². The van der Waals surface area contributed by atoms with Gasteiger partial charge in [-0.2, -0.15) is 0 Å². The van der Waals surface area contributed by atoms with Crippen molar-refractivity contribution in [2.75, 3.05) is 32.8 Å². The maximum Gasteiger partial charge on any atom is 0.225 e. The van der Waals surface area contributed by atoms with E-state index in [4.69, 9.17) is 4.74 Å². The number of hydrogen-bond donors (Lipinski definition) is 0. The van der Waals surface area contributed by atoms with Gasteiger partial charge in [0.2, 0.25) is 5.91 Å². The van der Waals surface area contributed by atoms with Crippen LogP contribution in [0, 0.1) is 5.92 Å². The molecule has 0 bridgehead atoms. The van der Waals surface area contributed by atoms with Crippen LogP contribution >= 0.6 is 0 Å². The van der Waals surface area contributed by atoms with Gasteiger partial charge in [-0.15, -0.1) is 0 Å². The molecule has 3 aliphatic rings. The van der Waals surface area contributed by atoms with Crippen molar-refractivity contribution in [2.45, 2.75) is 64.0 Å². The molecule has 0 radical (unpaired) electrons. The molecule has 1 atom stereocenters. The zero-order valence-corrected chi connectivity index (χ0v) is 13.6. The molecule has 2 heterocycles. The van der Waals surface area contributed by atoms with Crippen molar-refractivity contribution < 1.29 is 9.53 Å². The molecular weight excluding hydrogens is 264 g/mol. The molecule has 1 saturated carbocycles. The van der Waals surface area contributed by atoms with Gasteiger partial charge in [-0.05, 0) is 51.6 Å². The van der Waals surface area contributed by atoms with Crippen molar-refractivity contribution in [3.05, 3.63) is 0 Å². The second-order valence-electron chi connectivity index (χ2n) is 7.00. The van der Waals surface area contributed by atoms with E-state index in [1.165, 1.54) is 0 Å². The van der Waals surface area contributed by atoms with Crippen LogP contribution < -0.4 is 0 Å². The van der Waals surface area contributed by atoms with Crippen LogP contribution in [0.15, 0.2) is 0 Å². The van der Waals surface area contributed by atoms with E-state index in [9.17, 15) is 4.79 Å². The number of nitrogens with zero attached hydrogens (tertiary/aromatic N) is 2. The molecular formula is C17H30N2O2. The normalized spacial score (nSPS) is 29.1. The van der Waals surface area contributed by atoms with Crippen LogP contribution in [0.1, 0.15) is 52.4 Å². The second kappa shape index (κ2) is 6.25. The second-order valence-corrected chi connectivity index (χ2v) is 7.00. The number of carbonyl (C=O) groups excluding carboxylic acids is 1. The molecule has 1 aliphatic carbocycles. The average Bonchev–Trinajstić information content (AvgIpc) is 3.34. The van der Waals surface area contributed by atoms with Crippen molar-refractivity contribution in [3.8, 4) is 0 Å². The number of likely N-dealkylation sites (tertiary alicyclic amines) is 1. The molecule has 0 aromatic heterocycles. The van der Waals surface area contributed by atoms with Gasteiger partial charge in [-0.25, -0.2) is 0 Å². The predicted octanol–water partition coefficient (Wildman–Crippen LogP) is 2.28. The molecule has 4 heteroatoms. The van der Waals surface area contributed by atoms with Crippen molar-refractivity contribution in [2.24, 2.45) is 5.92 Å². The Morgan fingerprint density at radius 1 is 1.19 bits per heavy atom. The number of amides is 1. The summed E-state index contributed by atoms with van der Waals surface area (Å²) in [7, 11) is 0. The van der Waals surface area contributed by atoms with Gasteiger partial charge in [0.05, 0.1) is 5.60 Å². The lowest BCUT2D eigenvalue weighted by atomic mass is 9.81. The first-order valence-corrected chi connectivity index (χ1v) is 8.84. The first kappa shape index (κ1) is 15.3. The molecule has 21 heavy (non-hydrogen) atoms. The molecule has 2 saturated heterocycles. The SMILES string of the molecule is CCN(CC)C1CCOC2(CCN(C(=O)C3CC3)CC2)C1. The molecule has 3 rings (SSSR count). The number of ether oxygens (including phenoxy) is 1. The van der Waals surface area contributed by atoms with Crippen molar-refractivity contribution >= 4 is 5.91 Å². The Hall–Kier alpha value is -0.610. The Kier molecular flexibility index (Phi) is 4.55. The van der Waals surface area contributed by atoms with E-state index >= 15 is 0 Å². The first-order chi connectivity index (χ1) is 10.2. The van der Waals surface area contributed by atoms with E-state index in [1.807, 2.05) is 0 Å². The largest absolute Gasteiger partial charge is 0.375 e. The lowest BCUT2D eigenvalue weighted by Crippen LogP contribution is -2.54. The molecule has 0 aromatic rings. The lowest BCUT2D eigenvalue weighted by molar-refractivity contribution is -0.149. The van der Waals surface area contributed by atoms with E-state index in [0.717, 1.165) is 71.3 Å². The molecule has 4 nitrogen and oxygen atoms in total. The predicted molar refractivity (Wildman–Crippen MR) is 83.2 cm³/mol. The fraction of sp³-hybridized carbons (Fsp3) is 0.941. The minimum atomic E-state index is 0.0475. The molecule has 0 N–H and O–H groups in total. The maximum atomic E-state index is 12.2. The number of piperidine rings is 1. The van der Waals surface area contributed by atoms with Gasteiger partial charge in [0.15, 0.2) is 0 Å². The monoisotopic (exact) mass is 294 g/mol. The fourth-order valence-corrected chi connectivity index (χ4v) is 4.13. The molecule has 1 unspecified atom stereocenters. The molecule has 2 aliphatic heterocycles. The fourth-order valence-electron chi connectivity index (χ4n) is 4.13. The van der Waals surface area contributed by atoms with E-state index in [2.05, 4.69) is 23.6 Å². The highest BCUT2D eigenvalue weighted by atomic mass is 16.5. The van der Waals surface area contributed by atoms with Crippen molar-refractivity contribution in [3.63, 3.8) is 0 Å². The van der Waals surface area contributed by atoms with E-state index in [0.29, 0.717) is 17.9 Å². The third-order valence-corrected chi connectivity index (χ3v) is 5.71. The zero-order valence-electron chi connectivity index (χ0n) is 13.6. The molecule has 3 fully saturated rings. The quantitative estimate of drug-likeness (QED) is 0.797. The lowest BCUT2D eigenvalue weighted by Gasteiger charge is -2.48. The maximum absolute atomic E-state index is 12.2. The van der Waals surface area contributed by atoms with Crippen LogP contribution in [0.5, 0.6) is 0 Å². The highest BCUT2D eigenvalue weighted by Crippen LogP contribution is 2.38. The summed E-state index contributed by atoms with van der Waals surface area (Å²) in [6.45, 7) is 9.45. The minimum absolute atomic E-state index is 0.0475. The average molecular weight is 294 g/mol. The Morgan fingerprint density at radius 3 is 2.43 bits per heavy atom. The summed E-state index contributed by atoms with van der Waals surface area (Å²) in [6, 6.07) is 0.666. The molecule has 120 valence electrons. The summed E-state index contributed by atoms with van der Waals surface area (Å²) in [6.07, 6.45) is 6.60. The standard InChI is InChI=1S/C17H30N2O2/c1-3-18(4-2)15-7-12-21-17(13-15)8-10-19(11-9-17)16(20)14-5-6-14/h14-15H,3-13H2,1-2H3. The van der Waals surface area contributed by atoms with Gasteiger partial charge in [0.1, 0.15) is 0 Å². The minimum Gasteiger partial charge on any atom is -0.375 e. The highest BCUT2D eigenvalue weighted by molar-refractivity contribution is 5.81. The van der Waals surface area contributed by atoms with Crippen LogP contribution in [-0.2, 0) is 9.53 Å². The molecule has 1 amide bonds. The van der Waals surface area contributed by atoms with E-state index < -0.39 is 0 Å². The number of carbonyl (C=O) groups is 1. The number of rotatable bonds is 4. The third kappa shape index (κ3) is 3.26. The Bertz CT molecular complexity index is 369. The first-order valence-electron chi connectivity index (χ1n) is 8.84. The Labute approximate surface area is 128 Å². The van der Waals surface area contributed by atoms with Crippen LogP contribution in [0.4, 0.5) is 0 Å². The van der Waals surface area contributed by atoms with Gasteiger partial charge in [0, 0.05) is 31.7 Å². The molecule has 1 spiro atoms. The van der Waals surface area contributed by atoms with E-state index in [1.54, 1.807) is 0 Å². The van der Waals surface area contributed by atoms with Crippen LogP contribution in [-0.4, -0.2) is 60.1 Å². The van der Waals surface area contributed by atoms with Crippen LogP contribution in [0.3, 0.4) is 0 Å². The van der Waals surface area contributed by atoms with Gasteiger partial charge in [0.25, 0.3) is 0 Å².